The normalized spacial score (nSPS) is 10.9. The first-order chi connectivity index (χ1) is 12.5. The summed E-state index contributed by atoms with van der Waals surface area (Å²) >= 11 is 0. The number of carbonyl (C=O) groups excluding carboxylic acids is 1. The van der Waals surface area contributed by atoms with Gasteiger partial charge in [-0.2, -0.15) is 0 Å². The van der Waals surface area contributed by atoms with E-state index in [1.807, 2.05) is 45.0 Å². The average molecular weight is 485 g/mol. The molecule has 0 spiro atoms. The van der Waals surface area contributed by atoms with Gasteiger partial charge in [-0.1, -0.05) is 12.1 Å². The second kappa shape index (κ2) is 11.6. The summed E-state index contributed by atoms with van der Waals surface area (Å²) in [5, 5.41) is 9.14. The number of aromatic nitrogens is 1. The first-order valence-electron chi connectivity index (χ1n) is 8.79. The molecule has 3 N–H and O–H groups in total. The molecule has 2 aromatic rings. The fourth-order valence-corrected chi connectivity index (χ4v) is 2.43. The van der Waals surface area contributed by atoms with Crippen LogP contribution in [-0.4, -0.2) is 37.0 Å². The Morgan fingerprint density at radius 2 is 2.04 bits per heavy atom. The molecule has 0 radical (unpaired) electrons. The molecule has 0 unspecified atom stereocenters. The highest BCUT2D eigenvalue weighted by Gasteiger charge is 2.06. The van der Waals surface area contributed by atoms with E-state index in [0.29, 0.717) is 30.5 Å². The molecule has 0 aliphatic heterocycles. The zero-order valence-electron chi connectivity index (χ0n) is 16.3. The van der Waals surface area contributed by atoms with E-state index in [9.17, 15) is 4.79 Å². The van der Waals surface area contributed by atoms with Gasteiger partial charge in [0.15, 0.2) is 5.96 Å². The molecule has 7 nitrogen and oxygen atoms in total. The third kappa shape index (κ3) is 7.20. The minimum Gasteiger partial charge on any atom is -0.444 e. The number of carbonyl (C=O) groups is 1. The van der Waals surface area contributed by atoms with Crippen molar-refractivity contribution >= 4 is 35.8 Å². The van der Waals surface area contributed by atoms with E-state index in [4.69, 9.17) is 4.42 Å². The molecule has 8 heteroatoms. The van der Waals surface area contributed by atoms with Crippen molar-refractivity contribution in [3.05, 3.63) is 52.7 Å². The van der Waals surface area contributed by atoms with E-state index in [-0.39, 0.29) is 29.9 Å². The van der Waals surface area contributed by atoms with Crippen LogP contribution in [0.1, 0.15) is 40.2 Å². The number of benzene rings is 1. The maximum absolute atomic E-state index is 11.7. The third-order valence-electron chi connectivity index (χ3n) is 3.91. The van der Waals surface area contributed by atoms with Gasteiger partial charge in [0.2, 0.25) is 5.89 Å². The van der Waals surface area contributed by atoms with Crippen LogP contribution in [0.25, 0.3) is 0 Å². The maximum Gasteiger partial charge on any atom is 0.251 e. The van der Waals surface area contributed by atoms with Crippen molar-refractivity contribution in [3.63, 3.8) is 0 Å². The minimum atomic E-state index is -0.0776. The van der Waals surface area contributed by atoms with Crippen LogP contribution in [0.5, 0.6) is 0 Å². The number of aryl methyl sites for hydroxylation is 2. The standard InChI is InChI=1S/C19H27N5O2.HI/c1-5-21-19(23-12-17-24-13(2)14(3)26-17)22-10-9-15-7-6-8-16(11-15)18(25)20-4;/h6-8,11H,5,9-10,12H2,1-4H3,(H,20,25)(H2,21,22,23);1H. The molecule has 0 saturated heterocycles. The van der Waals surface area contributed by atoms with E-state index in [2.05, 4.69) is 25.9 Å². The lowest BCUT2D eigenvalue weighted by molar-refractivity contribution is 0.0963. The van der Waals surface area contributed by atoms with Crippen molar-refractivity contribution in [3.8, 4) is 0 Å². The second-order valence-electron chi connectivity index (χ2n) is 5.90. The lowest BCUT2D eigenvalue weighted by atomic mass is 10.1. The van der Waals surface area contributed by atoms with E-state index in [1.165, 1.54) is 0 Å². The topological polar surface area (TPSA) is 91.6 Å². The van der Waals surface area contributed by atoms with Crippen molar-refractivity contribution in [2.75, 3.05) is 20.1 Å². The molecule has 0 aliphatic rings. The lowest BCUT2D eigenvalue weighted by Gasteiger charge is -2.11. The lowest BCUT2D eigenvalue weighted by Crippen LogP contribution is -2.38. The van der Waals surface area contributed by atoms with Crippen molar-refractivity contribution in [2.45, 2.75) is 33.7 Å². The number of oxazole rings is 1. The zero-order valence-corrected chi connectivity index (χ0v) is 18.6. The van der Waals surface area contributed by atoms with Crippen LogP contribution in [-0.2, 0) is 13.0 Å². The highest BCUT2D eigenvalue weighted by Crippen LogP contribution is 2.09. The van der Waals surface area contributed by atoms with Crippen molar-refractivity contribution in [1.29, 1.82) is 0 Å². The molecule has 0 aliphatic carbocycles. The Morgan fingerprint density at radius 1 is 1.26 bits per heavy atom. The van der Waals surface area contributed by atoms with Crippen molar-refractivity contribution < 1.29 is 9.21 Å². The molecule has 1 aromatic carbocycles. The Hall–Kier alpha value is -2.10. The molecule has 148 valence electrons. The molecule has 0 atom stereocenters. The van der Waals surface area contributed by atoms with Crippen LogP contribution in [0.15, 0.2) is 33.7 Å². The SMILES string of the molecule is CCNC(=NCc1nc(C)c(C)o1)NCCc1cccc(C(=O)NC)c1.I. The fourth-order valence-electron chi connectivity index (χ4n) is 2.43. The molecule has 2 rings (SSSR count). The molecule has 1 heterocycles. The summed E-state index contributed by atoms with van der Waals surface area (Å²) in [6.07, 6.45) is 0.784. The number of nitrogens with zero attached hydrogens (tertiary/aromatic N) is 2. The number of guanidine groups is 1. The van der Waals surface area contributed by atoms with Gasteiger partial charge in [0.1, 0.15) is 12.3 Å². The Bertz CT molecular complexity index is 754. The Morgan fingerprint density at radius 3 is 2.67 bits per heavy atom. The van der Waals surface area contributed by atoms with Crippen LogP contribution in [0.3, 0.4) is 0 Å². The average Bonchev–Trinajstić information content (AvgIpc) is 2.97. The number of hydrogen-bond acceptors (Lipinski definition) is 4. The number of aliphatic imine (C=N–C) groups is 1. The van der Waals surface area contributed by atoms with Crippen molar-refractivity contribution in [2.24, 2.45) is 4.99 Å². The number of hydrogen-bond donors (Lipinski definition) is 3. The minimum absolute atomic E-state index is 0. The summed E-state index contributed by atoms with van der Waals surface area (Å²) in [5.74, 6) is 2.06. The van der Waals surface area contributed by atoms with Gasteiger partial charge in [-0.3, -0.25) is 4.79 Å². The van der Waals surface area contributed by atoms with Crippen molar-refractivity contribution in [1.82, 2.24) is 20.9 Å². The maximum atomic E-state index is 11.7. The van der Waals surface area contributed by atoms with Gasteiger partial charge in [-0.15, -0.1) is 24.0 Å². The first kappa shape index (κ1) is 22.9. The molecule has 27 heavy (non-hydrogen) atoms. The molecule has 0 saturated carbocycles. The summed E-state index contributed by atoms with van der Waals surface area (Å²) in [5.41, 5.74) is 2.65. The van der Waals surface area contributed by atoms with E-state index in [1.54, 1.807) is 7.05 Å². The van der Waals surface area contributed by atoms with Crippen LogP contribution >= 0.6 is 24.0 Å². The molecular weight excluding hydrogens is 457 g/mol. The monoisotopic (exact) mass is 485 g/mol. The summed E-state index contributed by atoms with van der Waals surface area (Å²) < 4.78 is 5.55. The van der Waals surface area contributed by atoms with Gasteiger partial charge in [-0.05, 0) is 44.9 Å². The number of amides is 1. The Kier molecular flexibility index (Phi) is 9.84. The first-order valence-corrected chi connectivity index (χ1v) is 8.79. The highest BCUT2D eigenvalue weighted by atomic mass is 127. The van der Waals surface area contributed by atoms with Gasteiger partial charge in [-0.25, -0.2) is 9.98 Å². The van der Waals surface area contributed by atoms with Gasteiger partial charge < -0.3 is 20.4 Å². The Labute approximate surface area is 177 Å². The Balaban J connectivity index is 0.00000364. The molecule has 1 amide bonds. The van der Waals surface area contributed by atoms with Crippen LogP contribution in [0.2, 0.25) is 0 Å². The number of rotatable bonds is 7. The number of halogens is 1. The van der Waals surface area contributed by atoms with Gasteiger partial charge in [0.05, 0.1) is 5.69 Å². The summed E-state index contributed by atoms with van der Waals surface area (Å²) in [6, 6.07) is 7.62. The highest BCUT2D eigenvalue weighted by molar-refractivity contribution is 14.0. The van der Waals surface area contributed by atoms with Crippen LogP contribution in [0, 0.1) is 13.8 Å². The van der Waals surface area contributed by atoms with E-state index < -0.39 is 0 Å². The van der Waals surface area contributed by atoms with Crippen LogP contribution in [0.4, 0.5) is 0 Å². The molecule has 1 aromatic heterocycles. The second-order valence-corrected chi connectivity index (χ2v) is 5.90. The predicted molar refractivity (Wildman–Crippen MR) is 118 cm³/mol. The summed E-state index contributed by atoms with van der Waals surface area (Å²) in [4.78, 5) is 20.5. The molecule has 0 fully saturated rings. The van der Waals surface area contributed by atoms with Gasteiger partial charge in [0, 0.05) is 25.7 Å². The number of nitrogens with one attached hydrogen (secondary N) is 3. The zero-order chi connectivity index (χ0) is 18.9. The smallest absolute Gasteiger partial charge is 0.251 e. The fraction of sp³-hybridized carbons (Fsp3) is 0.421. The van der Waals surface area contributed by atoms with E-state index >= 15 is 0 Å². The third-order valence-corrected chi connectivity index (χ3v) is 3.91. The predicted octanol–water partition coefficient (Wildman–Crippen LogP) is 2.57. The quantitative estimate of drug-likeness (QED) is 0.319. The molecule has 0 bridgehead atoms. The van der Waals surface area contributed by atoms with Gasteiger partial charge >= 0.3 is 0 Å². The summed E-state index contributed by atoms with van der Waals surface area (Å²) in [7, 11) is 1.63. The largest absolute Gasteiger partial charge is 0.444 e. The summed E-state index contributed by atoms with van der Waals surface area (Å²) in [6.45, 7) is 7.68. The van der Waals surface area contributed by atoms with E-state index in [0.717, 1.165) is 30.0 Å². The van der Waals surface area contributed by atoms with Gasteiger partial charge in [0.25, 0.3) is 5.91 Å². The van der Waals surface area contributed by atoms with Crippen LogP contribution < -0.4 is 16.0 Å². The molecular formula is C19H28IN5O2.